The van der Waals surface area contributed by atoms with Crippen LogP contribution in [0.25, 0.3) is 10.9 Å². The highest BCUT2D eigenvalue weighted by Crippen LogP contribution is 2.22. The van der Waals surface area contributed by atoms with Crippen LogP contribution in [0.15, 0.2) is 24.4 Å². The van der Waals surface area contributed by atoms with Crippen molar-refractivity contribution in [2.24, 2.45) is 0 Å². The summed E-state index contributed by atoms with van der Waals surface area (Å²) < 4.78 is 0. The van der Waals surface area contributed by atoms with Crippen molar-refractivity contribution in [1.82, 2.24) is 10.3 Å². The molecule has 2 nitrogen and oxygen atoms in total. The first-order valence-electron chi connectivity index (χ1n) is 6.78. The summed E-state index contributed by atoms with van der Waals surface area (Å²) in [6.07, 6.45) is 4.47. The Bertz CT molecular complexity index is 517. The van der Waals surface area contributed by atoms with Gasteiger partial charge < -0.3 is 10.3 Å². The maximum atomic E-state index is 3.53. The number of para-hydroxylation sites is 1. The fraction of sp³-hybridized carbons (Fsp3) is 0.500. The third-order valence-electron chi connectivity index (χ3n) is 3.29. The number of hydrogen-bond donors (Lipinski definition) is 2. The topological polar surface area (TPSA) is 27.8 Å². The van der Waals surface area contributed by atoms with E-state index in [-0.39, 0.29) is 5.54 Å². The van der Waals surface area contributed by atoms with Gasteiger partial charge in [-0.25, -0.2) is 0 Å². The molecular weight excluding hydrogens is 220 g/mol. The Kier molecular flexibility index (Phi) is 3.76. The van der Waals surface area contributed by atoms with Gasteiger partial charge in [0.2, 0.25) is 0 Å². The largest absolute Gasteiger partial charge is 0.361 e. The lowest BCUT2D eigenvalue weighted by Crippen LogP contribution is -2.36. The molecule has 0 aliphatic carbocycles. The van der Waals surface area contributed by atoms with E-state index in [4.69, 9.17) is 0 Å². The molecule has 2 aromatic rings. The maximum absolute atomic E-state index is 3.53. The summed E-state index contributed by atoms with van der Waals surface area (Å²) in [7, 11) is 0. The molecule has 0 spiro atoms. The Morgan fingerprint density at radius 1 is 1.22 bits per heavy atom. The van der Waals surface area contributed by atoms with Gasteiger partial charge in [0.1, 0.15) is 0 Å². The predicted octanol–water partition coefficient (Wildman–Crippen LogP) is 3.80. The van der Waals surface area contributed by atoms with Crippen molar-refractivity contribution in [3.05, 3.63) is 35.5 Å². The molecule has 2 rings (SSSR count). The first-order valence-corrected chi connectivity index (χ1v) is 6.78. The van der Waals surface area contributed by atoms with Crippen LogP contribution in [0.4, 0.5) is 0 Å². The van der Waals surface area contributed by atoms with E-state index in [0.717, 1.165) is 13.0 Å². The van der Waals surface area contributed by atoms with Gasteiger partial charge in [-0.2, -0.15) is 0 Å². The van der Waals surface area contributed by atoms with Gasteiger partial charge in [-0.15, -0.1) is 0 Å². The van der Waals surface area contributed by atoms with E-state index in [2.05, 4.69) is 62.4 Å². The van der Waals surface area contributed by atoms with Crippen LogP contribution in [0.5, 0.6) is 0 Å². The minimum atomic E-state index is 0.219. The fourth-order valence-electron chi connectivity index (χ4n) is 2.31. The molecule has 0 unspecified atom stereocenters. The minimum Gasteiger partial charge on any atom is -0.361 e. The molecule has 1 aromatic heterocycles. The molecule has 18 heavy (non-hydrogen) atoms. The highest BCUT2D eigenvalue weighted by Gasteiger charge is 2.08. The summed E-state index contributed by atoms with van der Waals surface area (Å²) in [5, 5.41) is 4.91. The Labute approximate surface area is 110 Å². The van der Waals surface area contributed by atoms with Crippen molar-refractivity contribution in [3.63, 3.8) is 0 Å². The van der Waals surface area contributed by atoms with Crippen molar-refractivity contribution >= 4 is 10.9 Å². The number of aryl methyl sites for hydroxylation is 2. The van der Waals surface area contributed by atoms with E-state index in [9.17, 15) is 0 Å². The molecule has 0 aliphatic rings. The number of aromatic nitrogens is 1. The minimum absolute atomic E-state index is 0.219. The average Bonchev–Trinajstić information content (AvgIpc) is 2.68. The molecule has 0 saturated heterocycles. The van der Waals surface area contributed by atoms with Crippen molar-refractivity contribution in [2.75, 3.05) is 6.54 Å². The molecule has 1 aromatic carbocycles. The zero-order valence-electron chi connectivity index (χ0n) is 11.9. The third kappa shape index (κ3) is 3.14. The summed E-state index contributed by atoms with van der Waals surface area (Å²) in [5.74, 6) is 0. The lowest BCUT2D eigenvalue weighted by atomic mass is 10.1. The highest BCUT2D eigenvalue weighted by atomic mass is 14.9. The van der Waals surface area contributed by atoms with Gasteiger partial charge in [-0.1, -0.05) is 18.2 Å². The second kappa shape index (κ2) is 5.15. The van der Waals surface area contributed by atoms with Crippen LogP contribution >= 0.6 is 0 Å². The summed E-state index contributed by atoms with van der Waals surface area (Å²) in [6.45, 7) is 9.86. The molecule has 0 aliphatic heterocycles. The van der Waals surface area contributed by atoms with Gasteiger partial charge in [0.15, 0.2) is 0 Å². The molecule has 0 atom stereocenters. The van der Waals surface area contributed by atoms with E-state index in [1.165, 1.54) is 28.5 Å². The molecule has 98 valence electrons. The monoisotopic (exact) mass is 244 g/mol. The summed E-state index contributed by atoms with van der Waals surface area (Å²) in [4.78, 5) is 3.39. The Morgan fingerprint density at radius 3 is 2.72 bits per heavy atom. The van der Waals surface area contributed by atoms with Crippen LogP contribution in [-0.2, 0) is 6.42 Å². The summed E-state index contributed by atoms with van der Waals surface area (Å²) >= 11 is 0. The normalized spacial score (nSPS) is 12.2. The van der Waals surface area contributed by atoms with Crippen molar-refractivity contribution in [2.45, 2.75) is 46.1 Å². The molecule has 0 amide bonds. The van der Waals surface area contributed by atoms with Crippen molar-refractivity contribution in [3.8, 4) is 0 Å². The van der Waals surface area contributed by atoms with Gasteiger partial charge in [0.05, 0.1) is 0 Å². The van der Waals surface area contributed by atoms with Crippen LogP contribution in [0.3, 0.4) is 0 Å². The zero-order valence-corrected chi connectivity index (χ0v) is 11.9. The standard InChI is InChI=1S/C16H24N2/c1-12-7-5-9-14-13(11-17-15(12)14)8-6-10-18-16(2,3)4/h5,7,9,11,17-18H,6,8,10H2,1-4H3. The number of nitrogens with one attached hydrogen (secondary N) is 2. The van der Waals surface area contributed by atoms with Crippen LogP contribution < -0.4 is 5.32 Å². The number of H-pyrrole nitrogens is 1. The third-order valence-corrected chi connectivity index (χ3v) is 3.29. The first kappa shape index (κ1) is 13.2. The molecule has 2 N–H and O–H groups in total. The van der Waals surface area contributed by atoms with Crippen LogP contribution in [0.1, 0.15) is 38.3 Å². The molecule has 0 radical (unpaired) electrons. The number of fused-ring (bicyclic) bond motifs is 1. The lowest BCUT2D eigenvalue weighted by molar-refractivity contribution is 0.422. The van der Waals surface area contributed by atoms with Gasteiger partial charge in [0, 0.05) is 22.6 Å². The molecule has 0 bridgehead atoms. The van der Waals surface area contributed by atoms with Gasteiger partial charge in [0.25, 0.3) is 0 Å². The first-order chi connectivity index (χ1) is 8.47. The van der Waals surface area contributed by atoms with E-state index in [0.29, 0.717) is 0 Å². The van der Waals surface area contributed by atoms with Gasteiger partial charge >= 0.3 is 0 Å². The van der Waals surface area contributed by atoms with Crippen LogP contribution in [0.2, 0.25) is 0 Å². The second-order valence-corrected chi connectivity index (χ2v) is 6.09. The summed E-state index contributed by atoms with van der Waals surface area (Å²) in [5.41, 5.74) is 4.27. The fourth-order valence-corrected chi connectivity index (χ4v) is 2.31. The molecule has 2 heteroatoms. The van der Waals surface area contributed by atoms with E-state index in [1.807, 2.05) is 0 Å². The van der Waals surface area contributed by atoms with Gasteiger partial charge in [-0.3, -0.25) is 0 Å². The van der Waals surface area contributed by atoms with Crippen molar-refractivity contribution < 1.29 is 0 Å². The molecular formula is C16H24N2. The number of aromatic amines is 1. The van der Waals surface area contributed by atoms with E-state index < -0.39 is 0 Å². The van der Waals surface area contributed by atoms with Crippen molar-refractivity contribution in [1.29, 1.82) is 0 Å². The Balaban J connectivity index is 1.98. The zero-order chi connectivity index (χ0) is 13.2. The number of hydrogen-bond acceptors (Lipinski definition) is 1. The summed E-state index contributed by atoms with van der Waals surface area (Å²) in [6, 6.07) is 6.51. The highest BCUT2D eigenvalue weighted by molar-refractivity contribution is 5.85. The van der Waals surface area contributed by atoms with Gasteiger partial charge in [-0.05, 0) is 58.2 Å². The number of rotatable bonds is 4. The second-order valence-electron chi connectivity index (χ2n) is 6.09. The van der Waals surface area contributed by atoms with Crippen LogP contribution in [-0.4, -0.2) is 17.1 Å². The SMILES string of the molecule is Cc1cccc2c(CCCNC(C)(C)C)c[nH]c12. The quantitative estimate of drug-likeness (QED) is 0.787. The molecule has 1 heterocycles. The smallest absolute Gasteiger partial charge is 0.0486 e. The predicted molar refractivity (Wildman–Crippen MR) is 79.1 cm³/mol. The number of benzene rings is 1. The average molecular weight is 244 g/mol. The maximum Gasteiger partial charge on any atom is 0.0486 e. The van der Waals surface area contributed by atoms with E-state index >= 15 is 0 Å². The Hall–Kier alpha value is -1.28. The lowest BCUT2D eigenvalue weighted by Gasteiger charge is -2.20. The van der Waals surface area contributed by atoms with Crippen LogP contribution in [0, 0.1) is 6.92 Å². The molecule has 0 saturated carbocycles. The Morgan fingerprint density at radius 2 is 2.00 bits per heavy atom. The van der Waals surface area contributed by atoms with E-state index in [1.54, 1.807) is 0 Å². The molecule has 0 fully saturated rings.